The first-order chi connectivity index (χ1) is 15.3. The summed E-state index contributed by atoms with van der Waals surface area (Å²) in [5.74, 6) is -2.13. The average Bonchev–Trinajstić information content (AvgIpc) is 3.12. The molecule has 0 saturated carbocycles. The molecule has 0 aromatic heterocycles. The van der Waals surface area contributed by atoms with Gasteiger partial charge in [0.2, 0.25) is 0 Å². The fraction of sp³-hybridized carbons (Fsp3) is 0.348. The van der Waals surface area contributed by atoms with Crippen molar-refractivity contribution in [3.8, 4) is 11.1 Å². The van der Waals surface area contributed by atoms with Crippen molar-refractivity contribution in [3.05, 3.63) is 59.7 Å². The maximum atomic E-state index is 12.5. The van der Waals surface area contributed by atoms with Crippen LogP contribution in [-0.4, -0.2) is 55.0 Å². The molecule has 2 amide bonds. The molecule has 0 heterocycles. The minimum atomic E-state index is -1.26. The van der Waals surface area contributed by atoms with E-state index in [-0.39, 0.29) is 12.5 Å². The van der Waals surface area contributed by atoms with E-state index in [4.69, 9.17) is 19.4 Å². The van der Waals surface area contributed by atoms with Gasteiger partial charge in [0.25, 0.3) is 5.91 Å². The van der Waals surface area contributed by atoms with Crippen molar-refractivity contribution in [1.29, 1.82) is 0 Å². The lowest BCUT2D eigenvalue weighted by Crippen LogP contribution is -2.53. The summed E-state index contributed by atoms with van der Waals surface area (Å²) < 4.78 is 10.6. The molecule has 3 N–H and O–H groups in total. The van der Waals surface area contributed by atoms with E-state index in [0.717, 1.165) is 22.3 Å². The first-order valence-corrected chi connectivity index (χ1v) is 10.2. The van der Waals surface area contributed by atoms with Crippen molar-refractivity contribution in [2.75, 3.05) is 13.7 Å². The summed E-state index contributed by atoms with van der Waals surface area (Å²) in [5, 5.41) is 11.3. The van der Waals surface area contributed by atoms with Crippen LogP contribution in [0.25, 0.3) is 11.1 Å². The highest BCUT2D eigenvalue weighted by Gasteiger charge is 2.31. The highest BCUT2D eigenvalue weighted by molar-refractivity contribution is 5.86. The standard InChI is InChI=1S/C23H26N2O7/c1-13(30-3)20(21(26)25-32-14(2)22(27)28)24-23(29)31-12-19-17-10-6-4-8-15(17)16-9-5-7-11-18(16)19/h4-11,13-14,19-20H,12H2,1-3H3,(H,24,29)(H,25,26)(H,27,28). The summed E-state index contributed by atoms with van der Waals surface area (Å²) in [4.78, 5) is 40.6. The van der Waals surface area contributed by atoms with Crippen molar-refractivity contribution >= 4 is 18.0 Å². The summed E-state index contributed by atoms with van der Waals surface area (Å²) in [6.07, 6.45) is -2.78. The fourth-order valence-corrected chi connectivity index (χ4v) is 3.56. The monoisotopic (exact) mass is 442 g/mol. The van der Waals surface area contributed by atoms with Gasteiger partial charge in [-0.15, -0.1) is 0 Å². The van der Waals surface area contributed by atoms with Crippen LogP contribution in [0.3, 0.4) is 0 Å². The van der Waals surface area contributed by atoms with E-state index in [1.807, 2.05) is 54.0 Å². The van der Waals surface area contributed by atoms with E-state index in [9.17, 15) is 14.4 Å². The Bertz CT molecular complexity index is 948. The zero-order chi connectivity index (χ0) is 23.3. The second-order valence-corrected chi connectivity index (χ2v) is 7.45. The van der Waals surface area contributed by atoms with Crippen molar-refractivity contribution in [3.63, 3.8) is 0 Å². The van der Waals surface area contributed by atoms with Gasteiger partial charge in [0.05, 0.1) is 6.10 Å². The van der Waals surface area contributed by atoms with Crippen LogP contribution >= 0.6 is 0 Å². The predicted molar refractivity (Wildman–Crippen MR) is 115 cm³/mol. The number of fused-ring (bicyclic) bond motifs is 3. The van der Waals surface area contributed by atoms with Crippen LogP contribution in [0.4, 0.5) is 4.79 Å². The average molecular weight is 442 g/mol. The molecule has 1 aliphatic rings. The van der Waals surface area contributed by atoms with E-state index in [1.54, 1.807) is 6.92 Å². The number of hydrogen-bond acceptors (Lipinski definition) is 6. The van der Waals surface area contributed by atoms with E-state index in [1.165, 1.54) is 14.0 Å². The summed E-state index contributed by atoms with van der Waals surface area (Å²) in [6, 6.07) is 14.7. The summed E-state index contributed by atoms with van der Waals surface area (Å²) in [7, 11) is 1.38. The normalized spacial score (nSPS) is 15.1. The summed E-state index contributed by atoms with van der Waals surface area (Å²) in [6.45, 7) is 2.92. The van der Waals surface area contributed by atoms with Crippen LogP contribution < -0.4 is 10.8 Å². The lowest BCUT2D eigenvalue weighted by molar-refractivity contribution is -0.160. The lowest BCUT2D eigenvalue weighted by atomic mass is 9.98. The van der Waals surface area contributed by atoms with Crippen LogP contribution in [0, 0.1) is 0 Å². The molecule has 1 aliphatic carbocycles. The van der Waals surface area contributed by atoms with Gasteiger partial charge in [-0.2, -0.15) is 0 Å². The summed E-state index contributed by atoms with van der Waals surface area (Å²) >= 11 is 0. The molecule has 3 atom stereocenters. The molecular weight excluding hydrogens is 416 g/mol. The first kappa shape index (κ1) is 23.2. The number of alkyl carbamates (subject to hydrolysis) is 1. The maximum Gasteiger partial charge on any atom is 0.407 e. The van der Waals surface area contributed by atoms with Gasteiger partial charge in [0, 0.05) is 13.0 Å². The molecular formula is C23H26N2O7. The molecule has 0 bridgehead atoms. The third-order valence-corrected chi connectivity index (χ3v) is 5.42. The Morgan fingerprint density at radius 3 is 2.09 bits per heavy atom. The fourth-order valence-electron chi connectivity index (χ4n) is 3.56. The number of carboxylic acids is 1. The Balaban J connectivity index is 1.64. The lowest BCUT2D eigenvalue weighted by Gasteiger charge is -2.23. The number of methoxy groups -OCH3 is 1. The molecule has 0 aliphatic heterocycles. The number of benzene rings is 2. The molecule has 32 heavy (non-hydrogen) atoms. The number of hydrogen-bond donors (Lipinski definition) is 3. The van der Waals surface area contributed by atoms with E-state index in [2.05, 4.69) is 5.32 Å². The Morgan fingerprint density at radius 2 is 1.56 bits per heavy atom. The van der Waals surface area contributed by atoms with Gasteiger partial charge in [-0.25, -0.2) is 15.1 Å². The first-order valence-electron chi connectivity index (χ1n) is 10.2. The molecule has 3 unspecified atom stereocenters. The van der Waals surface area contributed by atoms with Crippen LogP contribution in [0.1, 0.15) is 30.9 Å². The Morgan fingerprint density at radius 1 is 1.00 bits per heavy atom. The van der Waals surface area contributed by atoms with Gasteiger partial charge in [-0.3, -0.25) is 9.63 Å². The number of hydroxylamine groups is 1. The molecule has 0 fully saturated rings. The zero-order valence-electron chi connectivity index (χ0n) is 18.0. The van der Waals surface area contributed by atoms with Crippen LogP contribution in [0.2, 0.25) is 0 Å². The highest BCUT2D eigenvalue weighted by atomic mass is 16.7. The van der Waals surface area contributed by atoms with Crippen molar-refractivity contribution in [1.82, 2.24) is 10.8 Å². The molecule has 2 aromatic rings. The summed E-state index contributed by atoms with van der Waals surface area (Å²) in [5.41, 5.74) is 6.38. The van der Waals surface area contributed by atoms with Crippen LogP contribution in [-0.2, 0) is 23.9 Å². The molecule has 9 heteroatoms. The third kappa shape index (κ3) is 5.06. The highest BCUT2D eigenvalue weighted by Crippen LogP contribution is 2.44. The predicted octanol–water partition coefficient (Wildman–Crippen LogP) is 2.45. The van der Waals surface area contributed by atoms with Crippen molar-refractivity contribution < 1.29 is 33.8 Å². The Kier molecular flexibility index (Phi) is 7.45. The molecule has 0 saturated heterocycles. The Hall–Kier alpha value is -3.43. The van der Waals surface area contributed by atoms with Gasteiger partial charge in [-0.1, -0.05) is 48.5 Å². The van der Waals surface area contributed by atoms with Gasteiger partial charge >= 0.3 is 12.1 Å². The third-order valence-electron chi connectivity index (χ3n) is 5.42. The minimum absolute atomic E-state index is 0.0854. The molecule has 0 spiro atoms. The van der Waals surface area contributed by atoms with Gasteiger partial charge in [0.15, 0.2) is 6.10 Å². The van der Waals surface area contributed by atoms with Crippen molar-refractivity contribution in [2.24, 2.45) is 0 Å². The van der Waals surface area contributed by atoms with E-state index < -0.39 is 36.2 Å². The second-order valence-electron chi connectivity index (χ2n) is 7.45. The smallest absolute Gasteiger partial charge is 0.407 e. The number of carbonyl (C=O) groups is 3. The van der Waals surface area contributed by atoms with Crippen molar-refractivity contribution in [2.45, 2.75) is 38.0 Å². The van der Waals surface area contributed by atoms with Gasteiger partial charge in [0.1, 0.15) is 12.6 Å². The number of aliphatic carboxylic acids is 1. The minimum Gasteiger partial charge on any atom is -0.479 e. The van der Waals surface area contributed by atoms with E-state index >= 15 is 0 Å². The largest absolute Gasteiger partial charge is 0.479 e. The number of carboxylic acid groups (broad SMARTS) is 1. The number of ether oxygens (including phenoxy) is 2. The van der Waals surface area contributed by atoms with E-state index in [0.29, 0.717) is 0 Å². The van der Waals surface area contributed by atoms with Gasteiger partial charge in [-0.05, 0) is 36.1 Å². The van der Waals surface area contributed by atoms with Gasteiger partial charge < -0.3 is 19.9 Å². The topological polar surface area (TPSA) is 123 Å². The molecule has 170 valence electrons. The quantitative estimate of drug-likeness (QED) is 0.510. The molecule has 3 rings (SSSR count). The number of nitrogens with one attached hydrogen (secondary N) is 2. The molecule has 2 aromatic carbocycles. The molecule has 9 nitrogen and oxygen atoms in total. The maximum absolute atomic E-state index is 12.5. The SMILES string of the molecule is COC(C)C(NC(=O)OCC1c2ccccc2-c2ccccc21)C(=O)NOC(C)C(=O)O. The van der Waals surface area contributed by atoms with Crippen LogP contribution in [0.5, 0.6) is 0 Å². The Labute approximate surface area is 185 Å². The number of rotatable bonds is 9. The zero-order valence-corrected chi connectivity index (χ0v) is 18.0. The number of carbonyl (C=O) groups excluding carboxylic acids is 2. The molecule has 0 radical (unpaired) electrons. The number of amides is 2. The van der Waals surface area contributed by atoms with Crippen LogP contribution in [0.15, 0.2) is 48.5 Å². The second kappa shape index (κ2) is 10.3.